The Balaban J connectivity index is 1.47. The molecule has 1 aromatic carbocycles. The molecule has 2 spiro atoms. The van der Waals surface area contributed by atoms with Gasteiger partial charge in [-0.25, -0.2) is 4.39 Å². The fourth-order valence-electron chi connectivity index (χ4n) is 9.56. The van der Waals surface area contributed by atoms with Crippen LogP contribution in [-0.4, -0.2) is 53.6 Å². The highest BCUT2D eigenvalue weighted by molar-refractivity contribution is 5.59. The zero-order valence-electron chi connectivity index (χ0n) is 21.4. The lowest BCUT2D eigenvalue weighted by Crippen LogP contribution is -2.83. The van der Waals surface area contributed by atoms with Gasteiger partial charge in [-0.05, 0) is 81.4 Å². The first-order chi connectivity index (χ1) is 16.0. The molecule has 0 aromatic heterocycles. The van der Waals surface area contributed by atoms with Gasteiger partial charge in [-0.1, -0.05) is 26.8 Å². The van der Waals surface area contributed by atoms with Crippen molar-refractivity contribution in [1.29, 1.82) is 0 Å². The standard InChI is InChI=1S/C29H40FNO3/c1-25(2,3)26(4,32)20-15-27-10-11-29(20,33-5)24-28(27)12-13-31(16-17-6-7-17)21(27)14-18-8-9-19(30)23(34-24)22(18)28/h8-9,17,20-21,24,32H,6-7,10-16H2,1-5H3/t20?,21-,24-,26+,27-,28+,29-/m1/s1. The number of likely N-dealkylation sites (tertiary alicyclic amines) is 1. The Morgan fingerprint density at radius 2 is 1.94 bits per heavy atom. The number of hydrogen-bond donors (Lipinski definition) is 1. The van der Waals surface area contributed by atoms with Crippen molar-refractivity contribution < 1.29 is 19.0 Å². The largest absolute Gasteiger partial charge is 0.483 e. The second-order valence-electron chi connectivity index (χ2n) is 13.8. The summed E-state index contributed by atoms with van der Waals surface area (Å²) in [6, 6.07) is 4.07. The molecule has 0 radical (unpaired) electrons. The Hall–Kier alpha value is -1.17. The number of benzene rings is 1. The van der Waals surface area contributed by atoms with Crippen LogP contribution in [0.2, 0.25) is 0 Å². The topological polar surface area (TPSA) is 41.9 Å². The second-order valence-corrected chi connectivity index (χ2v) is 13.8. The van der Waals surface area contributed by atoms with Crippen LogP contribution in [0.5, 0.6) is 5.75 Å². The predicted octanol–water partition coefficient (Wildman–Crippen LogP) is 4.85. The first kappa shape index (κ1) is 22.1. The summed E-state index contributed by atoms with van der Waals surface area (Å²) in [5.41, 5.74) is 0.331. The van der Waals surface area contributed by atoms with Crippen LogP contribution in [0, 0.1) is 28.5 Å². The van der Waals surface area contributed by atoms with Crippen LogP contribution < -0.4 is 4.74 Å². The zero-order valence-corrected chi connectivity index (χ0v) is 21.4. The summed E-state index contributed by atoms with van der Waals surface area (Å²) >= 11 is 0. The minimum atomic E-state index is -0.940. The molecule has 0 amide bonds. The van der Waals surface area contributed by atoms with Crippen molar-refractivity contribution in [3.05, 3.63) is 29.1 Å². The number of methoxy groups -OCH3 is 1. The van der Waals surface area contributed by atoms with Gasteiger partial charge in [0.15, 0.2) is 11.6 Å². The lowest BCUT2D eigenvalue weighted by molar-refractivity contribution is -0.312. The van der Waals surface area contributed by atoms with E-state index in [-0.39, 0.29) is 34.1 Å². The summed E-state index contributed by atoms with van der Waals surface area (Å²) in [5.74, 6) is 1.02. The van der Waals surface area contributed by atoms with E-state index in [0.29, 0.717) is 11.8 Å². The lowest BCUT2D eigenvalue weighted by atomic mass is 9.33. The maximum absolute atomic E-state index is 15.3. The van der Waals surface area contributed by atoms with Gasteiger partial charge in [-0.15, -0.1) is 0 Å². The Morgan fingerprint density at radius 3 is 2.62 bits per heavy atom. The van der Waals surface area contributed by atoms with E-state index in [0.717, 1.165) is 50.1 Å². The van der Waals surface area contributed by atoms with E-state index in [1.165, 1.54) is 24.9 Å². The number of halogens is 1. The summed E-state index contributed by atoms with van der Waals surface area (Å²) in [7, 11) is 1.80. The Kier molecular flexibility index (Phi) is 4.14. The molecule has 2 aliphatic heterocycles. The van der Waals surface area contributed by atoms with E-state index < -0.39 is 11.2 Å². The van der Waals surface area contributed by atoms with Crippen molar-refractivity contribution in [2.45, 2.75) is 101 Å². The first-order valence-electron chi connectivity index (χ1n) is 13.5. The molecular formula is C29H40FNO3. The molecule has 1 N–H and O–H groups in total. The SMILES string of the molecule is CO[C@]12CC[C@@]3(CC1[C@](C)(O)C(C)(C)C)[C@H]1Cc4ccc(F)c5c4[C@@]3(CCN1CC1CC1)[C@H]2O5. The van der Waals surface area contributed by atoms with E-state index >= 15 is 4.39 Å². The number of ether oxygens (including phenoxy) is 2. The monoisotopic (exact) mass is 469 g/mol. The van der Waals surface area contributed by atoms with Crippen molar-refractivity contribution >= 4 is 0 Å². The van der Waals surface area contributed by atoms with Gasteiger partial charge < -0.3 is 14.6 Å². The van der Waals surface area contributed by atoms with Gasteiger partial charge in [0.25, 0.3) is 0 Å². The third-order valence-corrected chi connectivity index (χ3v) is 11.8. The molecule has 1 aromatic rings. The lowest BCUT2D eigenvalue weighted by Gasteiger charge is -2.75. The van der Waals surface area contributed by atoms with Crippen molar-refractivity contribution in [3.8, 4) is 5.75 Å². The number of hydrogen-bond acceptors (Lipinski definition) is 4. The summed E-state index contributed by atoms with van der Waals surface area (Å²) in [6.07, 6.45) is 7.29. The summed E-state index contributed by atoms with van der Waals surface area (Å²) < 4.78 is 28.6. The summed E-state index contributed by atoms with van der Waals surface area (Å²) in [5, 5.41) is 12.2. The van der Waals surface area contributed by atoms with Gasteiger partial charge in [0, 0.05) is 42.0 Å². The van der Waals surface area contributed by atoms with Gasteiger partial charge in [0.2, 0.25) is 0 Å². The van der Waals surface area contributed by atoms with Crippen molar-refractivity contribution in [2.75, 3.05) is 20.2 Å². The summed E-state index contributed by atoms with van der Waals surface area (Å²) in [6.45, 7) is 10.7. The first-order valence-corrected chi connectivity index (χ1v) is 13.5. The molecule has 1 saturated heterocycles. The highest BCUT2D eigenvalue weighted by Gasteiger charge is 2.82. The number of fused-ring (bicyclic) bond motifs is 2. The number of rotatable bonds is 4. The van der Waals surface area contributed by atoms with Crippen LogP contribution in [0.3, 0.4) is 0 Å². The summed E-state index contributed by atoms with van der Waals surface area (Å²) in [4.78, 5) is 2.79. The van der Waals surface area contributed by atoms with E-state index in [1.54, 1.807) is 13.2 Å². The number of piperidine rings is 1. The van der Waals surface area contributed by atoms with E-state index in [2.05, 4.69) is 25.7 Å². The Labute approximate surface area is 203 Å². The van der Waals surface area contributed by atoms with Crippen LogP contribution in [0.1, 0.15) is 77.3 Å². The van der Waals surface area contributed by atoms with Crippen LogP contribution in [0.15, 0.2) is 12.1 Å². The van der Waals surface area contributed by atoms with E-state index in [9.17, 15) is 5.11 Å². The normalized spacial score (nSPS) is 43.9. The van der Waals surface area contributed by atoms with Gasteiger partial charge >= 0.3 is 0 Å². The molecule has 34 heavy (non-hydrogen) atoms. The Morgan fingerprint density at radius 1 is 1.18 bits per heavy atom. The second kappa shape index (κ2) is 6.39. The molecule has 1 unspecified atom stereocenters. The molecule has 5 fully saturated rings. The van der Waals surface area contributed by atoms with Gasteiger partial charge in [-0.3, -0.25) is 4.90 Å². The minimum Gasteiger partial charge on any atom is -0.483 e. The zero-order chi connectivity index (χ0) is 23.9. The van der Waals surface area contributed by atoms with Gasteiger partial charge in [0.05, 0.1) is 5.60 Å². The van der Waals surface area contributed by atoms with Gasteiger partial charge in [0.1, 0.15) is 11.7 Å². The molecule has 186 valence electrons. The van der Waals surface area contributed by atoms with Gasteiger partial charge in [-0.2, -0.15) is 0 Å². The molecular weight excluding hydrogens is 429 g/mol. The smallest absolute Gasteiger partial charge is 0.165 e. The van der Waals surface area contributed by atoms with Crippen LogP contribution in [-0.2, 0) is 16.6 Å². The molecule has 7 aliphatic rings. The van der Waals surface area contributed by atoms with Crippen molar-refractivity contribution in [3.63, 3.8) is 0 Å². The molecule has 8 rings (SSSR count). The van der Waals surface area contributed by atoms with Crippen molar-refractivity contribution in [2.24, 2.45) is 22.7 Å². The fraction of sp³-hybridized carbons (Fsp3) is 0.793. The van der Waals surface area contributed by atoms with E-state index in [4.69, 9.17) is 9.47 Å². The molecule has 7 atom stereocenters. The molecule has 5 heteroatoms. The molecule has 4 saturated carbocycles. The molecule has 5 aliphatic carbocycles. The van der Waals surface area contributed by atoms with Crippen LogP contribution in [0.25, 0.3) is 0 Å². The molecule has 4 nitrogen and oxygen atoms in total. The Bertz CT molecular complexity index is 1060. The average Bonchev–Trinajstić information content (AvgIpc) is 3.53. The predicted molar refractivity (Wildman–Crippen MR) is 128 cm³/mol. The van der Waals surface area contributed by atoms with Crippen molar-refractivity contribution in [1.82, 2.24) is 4.90 Å². The highest BCUT2D eigenvalue weighted by Crippen LogP contribution is 2.77. The van der Waals surface area contributed by atoms with Crippen LogP contribution >= 0.6 is 0 Å². The maximum atomic E-state index is 15.3. The highest BCUT2D eigenvalue weighted by atomic mass is 19.1. The third kappa shape index (κ3) is 2.27. The number of nitrogens with zero attached hydrogens (tertiary/aromatic N) is 1. The third-order valence-electron chi connectivity index (χ3n) is 11.8. The maximum Gasteiger partial charge on any atom is 0.165 e. The van der Waals surface area contributed by atoms with Crippen LogP contribution in [0.4, 0.5) is 4.39 Å². The molecule has 4 bridgehead atoms. The average molecular weight is 470 g/mol. The molecule has 2 heterocycles. The van der Waals surface area contributed by atoms with E-state index in [1.807, 2.05) is 13.0 Å². The number of aliphatic hydroxyl groups is 1. The fourth-order valence-corrected chi connectivity index (χ4v) is 9.56. The quantitative estimate of drug-likeness (QED) is 0.685. The minimum absolute atomic E-state index is 0.0168.